The summed E-state index contributed by atoms with van der Waals surface area (Å²) in [4.78, 5) is 10.0. The highest BCUT2D eigenvalue weighted by Gasteiger charge is 2.59. The lowest BCUT2D eigenvalue weighted by atomic mass is 10.0. The van der Waals surface area contributed by atoms with Crippen LogP contribution in [-0.2, 0) is 14.8 Å². The van der Waals surface area contributed by atoms with Crippen molar-refractivity contribution in [1.82, 2.24) is 4.72 Å². The van der Waals surface area contributed by atoms with E-state index in [2.05, 4.69) is 0 Å². The second kappa shape index (κ2) is 5.64. The van der Waals surface area contributed by atoms with Crippen LogP contribution in [0.15, 0.2) is 23.1 Å². The fourth-order valence-electron chi connectivity index (χ4n) is 1.28. The van der Waals surface area contributed by atoms with E-state index in [1.54, 1.807) is 0 Å². The van der Waals surface area contributed by atoms with E-state index in [0.717, 1.165) is 16.9 Å². The molecule has 0 aliphatic carbocycles. The Morgan fingerprint density at radius 1 is 1.24 bits per heavy atom. The molecule has 1 atom stereocenters. The zero-order valence-corrected chi connectivity index (χ0v) is 12.5. The van der Waals surface area contributed by atoms with E-state index in [9.17, 15) is 26.4 Å². The number of carbonyl (C=O) groups is 1. The molecule has 1 aromatic rings. The van der Waals surface area contributed by atoms with Crippen LogP contribution in [0.4, 0.5) is 13.2 Å². The summed E-state index contributed by atoms with van der Waals surface area (Å²) < 4.78 is 63.6. The lowest BCUT2D eigenvalue weighted by molar-refractivity contribution is -0.201. The van der Waals surface area contributed by atoms with Crippen molar-refractivity contribution in [2.45, 2.75) is 23.5 Å². The minimum Gasteiger partial charge on any atom is -0.480 e. The molecule has 0 saturated carbocycles. The van der Waals surface area contributed by atoms with Crippen molar-refractivity contribution in [3.63, 3.8) is 0 Å². The van der Waals surface area contributed by atoms with Gasteiger partial charge in [0.05, 0.1) is 10.0 Å². The molecular weight excluding hydrogens is 358 g/mol. The van der Waals surface area contributed by atoms with E-state index in [1.165, 1.54) is 6.07 Å². The molecule has 21 heavy (non-hydrogen) atoms. The van der Waals surface area contributed by atoms with Gasteiger partial charge in [-0.1, -0.05) is 29.3 Å². The number of hydrogen-bond donors (Lipinski definition) is 2. The van der Waals surface area contributed by atoms with Gasteiger partial charge in [-0.15, -0.1) is 0 Å². The number of hydrogen-bond acceptors (Lipinski definition) is 3. The normalized spacial score (nSPS) is 15.5. The Morgan fingerprint density at radius 3 is 2.00 bits per heavy atom. The minimum absolute atomic E-state index is 0.178. The average Bonchev–Trinajstić information content (AvgIpc) is 2.25. The summed E-state index contributed by atoms with van der Waals surface area (Å²) >= 11 is 11.2. The third kappa shape index (κ3) is 3.42. The Bertz CT molecular complexity index is 657. The van der Waals surface area contributed by atoms with Gasteiger partial charge in [-0.05, 0) is 19.1 Å². The molecule has 0 spiro atoms. The molecule has 5 nitrogen and oxygen atoms in total. The standard InChI is InChI=1S/C10H8Cl2F3NO4S/c1-9(8(17)18,10(13,14)15)16-21(19,20)7-5(11)3-2-4-6(7)12/h2-4,16H,1H3,(H,17,18). The molecule has 0 heterocycles. The Kier molecular flexibility index (Phi) is 4.84. The number of alkyl halides is 3. The maximum absolute atomic E-state index is 12.8. The van der Waals surface area contributed by atoms with Gasteiger partial charge >= 0.3 is 12.1 Å². The fourth-order valence-corrected chi connectivity index (χ4v) is 3.78. The molecule has 0 amide bonds. The summed E-state index contributed by atoms with van der Waals surface area (Å²) in [6.07, 6.45) is -5.38. The van der Waals surface area contributed by atoms with E-state index >= 15 is 0 Å². The van der Waals surface area contributed by atoms with Crippen LogP contribution in [0.25, 0.3) is 0 Å². The van der Waals surface area contributed by atoms with E-state index in [4.69, 9.17) is 28.3 Å². The SMILES string of the molecule is CC(NS(=O)(=O)c1c(Cl)cccc1Cl)(C(=O)O)C(F)(F)F. The van der Waals surface area contributed by atoms with Crippen LogP contribution in [0.1, 0.15) is 6.92 Å². The van der Waals surface area contributed by atoms with Crippen LogP contribution >= 0.6 is 23.2 Å². The average molecular weight is 366 g/mol. The zero-order valence-electron chi connectivity index (χ0n) is 10.2. The molecule has 1 rings (SSSR count). The lowest BCUT2D eigenvalue weighted by Crippen LogP contribution is -2.61. The molecule has 1 aromatic carbocycles. The van der Waals surface area contributed by atoms with Crippen molar-refractivity contribution in [2.75, 3.05) is 0 Å². The maximum Gasteiger partial charge on any atom is 0.418 e. The number of carboxylic acid groups (broad SMARTS) is 1. The lowest BCUT2D eigenvalue weighted by Gasteiger charge is -2.28. The van der Waals surface area contributed by atoms with Crippen LogP contribution in [0.3, 0.4) is 0 Å². The maximum atomic E-state index is 12.8. The van der Waals surface area contributed by atoms with Crippen LogP contribution in [0, 0.1) is 0 Å². The predicted octanol–water partition coefficient (Wildman–Crippen LogP) is 2.68. The Morgan fingerprint density at radius 2 is 1.67 bits per heavy atom. The van der Waals surface area contributed by atoms with Gasteiger partial charge in [0.2, 0.25) is 15.6 Å². The number of carboxylic acids is 1. The highest BCUT2D eigenvalue weighted by atomic mass is 35.5. The molecule has 0 aliphatic rings. The molecule has 0 aromatic heterocycles. The number of aliphatic carboxylic acids is 1. The first-order valence-electron chi connectivity index (χ1n) is 5.11. The van der Waals surface area contributed by atoms with Crippen LogP contribution < -0.4 is 4.72 Å². The van der Waals surface area contributed by atoms with Crippen molar-refractivity contribution >= 4 is 39.2 Å². The molecule has 11 heteroatoms. The van der Waals surface area contributed by atoms with Gasteiger partial charge in [-0.25, -0.2) is 13.2 Å². The van der Waals surface area contributed by atoms with Gasteiger partial charge in [-0.2, -0.15) is 17.9 Å². The van der Waals surface area contributed by atoms with Crippen LogP contribution in [0.2, 0.25) is 10.0 Å². The fraction of sp³-hybridized carbons (Fsp3) is 0.300. The number of rotatable bonds is 4. The van der Waals surface area contributed by atoms with Crippen molar-refractivity contribution in [1.29, 1.82) is 0 Å². The topological polar surface area (TPSA) is 83.5 Å². The Hall–Kier alpha value is -1.03. The number of sulfonamides is 1. The second-order valence-corrected chi connectivity index (χ2v) is 6.52. The van der Waals surface area contributed by atoms with E-state index in [-0.39, 0.29) is 6.92 Å². The first-order valence-corrected chi connectivity index (χ1v) is 7.35. The molecular formula is C10H8Cl2F3NO4S. The van der Waals surface area contributed by atoms with E-state index in [0.29, 0.717) is 0 Å². The smallest absolute Gasteiger partial charge is 0.418 e. The predicted molar refractivity (Wildman–Crippen MR) is 68.9 cm³/mol. The summed E-state index contributed by atoms with van der Waals surface area (Å²) in [5.41, 5.74) is -3.73. The van der Waals surface area contributed by atoms with E-state index in [1.807, 2.05) is 0 Å². The third-order valence-corrected chi connectivity index (χ3v) is 5.03. The summed E-state index contributed by atoms with van der Waals surface area (Å²) in [6.45, 7) is 0.178. The molecule has 0 aliphatic heterocycles. The van der Waals surface area contributed by atoms with Crippen molar-refractivity contribution in [3.8, 4) is 0 Å². The zero-order chi connectivity index (χ0) is 16.6. The van der Waals surface area contributed by atoms with Crippen molar-refractivity contribution in [2.24, 2.45) is 0 Å². The molecule has 0 radical (unpaired) electrons. The first-order chi connectivity index (χ1) is 9.33. The van der Waals surface area contributed by atoms with Gasteiger partial charge in [0.25, 0.3) is 0 Å². The Labute approximate surface area is 127 Å². The van der Waals surface area contributed by atoms with Gasteiger partial charge < -0.3 is 5.11 Å². The number of benzene rings is 1. The summed E-state index contributed by atoms with van der Waals surface area (Å²) in [7, 11) is -4.92. The second-order valence-electron chi connectivity index (χ2n) is 4.08. The van der Waals surface area contributed by atoms with Gasteiger partial charge in [0.1, 0.15) is 4.90 Å². The monoisotopic (exact) mass is 365 g/mol. The molecule has 1 unspecified atom stereocenters. The van der Waals surface area contributed by atoms with E-state index < -0.39 is 42.6 Å². The number of halogens is 5. The summed E-state index contributed by atoms with van der Waals surface area (Å²) in [5.74, 6) is -2.42. The summed E-state index contributed by atoms with van der Waals surface area (Å²) in [5, 5.41) is 7.82. The summed E-state index contributed by atoms with van der Waals surface area (Å²) in [6, 6.07) is 3.46. The highest BCUT2D eigenvalue weighted by molar-refractivity contribution is 7.89. The molecule has 0 fully saturated rings. The largest absolute Gasteiger partial charge is 0.480 e. The van der Waals surface area contributed by atoms with Crippen molar-refractivity contribution < 1.29 is 31.5 Å². The van der Waals surface area contributed by atoms with Crippen LogP contribution in [0.5, 0.6) is 0 Å². The Balaban J connectivity index is 3.43. The molecule has 118 valence electrons. The van der Waals surface area contributed by atoms with Crippen molar-refractivity contribution in [3.05, 3.63) is 28.2 Å². The molecule has 0 bridgehead atoms. The van der Waals surface area contributed by atoms with Gasteiger partial charge in [0.15, 0.2) is 0 Å². The van der Waals surface area contributed by atoms with Gasteiger partial charge in [0, 0.05) is 0 Å². The third-order valence-electron chi connectivity index (χ3n) is 2.52. The van der Waals surface area contributed by atoms with Gasteiger partial charge in [-0.3, -0.25) is 0 Å². The van der Waals surface area contributed by atoms with Crippen LogP contribution in [-0.4, -0.2) is 31.2 Å². The first kappa shape index (κ1) is 18.0. The number of nitrogens with one attached hydrogen (secondary N) is 1. The highest BCUT2D eigenvalue weighted by Crippen LogP contribution is 2.34. The quantitative estimate of drug-likeness (QED) is 0.858. The minimum atomic E-state index is -5.38. The molecule has 0 saturated heterocycles. The molecule has 2 N–H and O–H groups in total.